The Morgan fingerprint density at radius 3 is 2.29 bits per heavy atom. The summed E-state index contributed by atoms with van der Waals surface area (Å²) in [6, 6.07) is 13.7. The molecule has 0 aliphatic carbocycles. The van der Waals surface area contributed by atoms with Gasteiger partial charge in [0.2, 0.25) is 15.9 Å². The maximum Gasteiger partial charge on any atom is 0.326 e. The van der Waals surface area contributed by atoms with Gasteiger partial charge in [-0.05, 0) is 51.8 Å². The van der Waals surface area contributed by atoms with Crippen molar-refractivity contribution in [1.29, 1.82) is 0 Å². The van der Waals surface area contributed by atoms with E-state index < -0.39 is 40.3 Å². The first-order valence-corrected chi connectivity index (χ1v) is 12.1. The number of carbonyl (C=O) groups is 3. The molecular weight excluding hydrogens is 528 g/mol. The lowest BCUT2D eigenvalue weighted by Gasteiger charge is -2.15. The molecule has 5 N–H and O–H groups in total. The van der Waals surface area contributed by atoms with Gasteiger partial charge < -0.3 is 15.7 Å². The SMILES string of the molecule is NS(=O)(=O)c1ccccc1-c1ccc(C(=O)NC(CC(=O)Nc2ccc(Br)cn2)C(=O)O)cc1. The molecular formula is C22H19BrN4O6S. The monoisotopic (exact) mass is 546 g/mol. The Labute approximate surface area is 203 Å². The Morgan fingerprint density at radius 2 is 1.71 bits per heavy atom. The highest BCUT2D eigenvalue weighted by Gasteiger charge is 2.24. The number of aliphatic carboxylic acids is 1. The first kappa shape index (κ1) is 25.0. The van der Waals surface area contributed by atoms with Crippen molar-refractivity contribution in [3.8, 4) is 11.1 Å². The van der Waals surface area contributed by atoms with E-state index in [1.54, 1.807) is 24.3 Å². The van der Waals surface area contributed by atoms with E-state index in [1.165, 1.54) is 42.6 Å². The molecule has 3 aromatic rings. The van der Waals surface area contributed by atoms with Crippen LogP contribution < -0.4 is 15.8 Å². The van der Waals surface area contributed by atoms with Crippen LogP contribution in [0.3, 0.4) is 0 Å². The summed E-state index contributed by atoms with van der Waals surface area (Å²) < 4.78 is 24.4. The van der Waals surface area contributed by atoms with Crippen LogP contribution in [0.1, 0.15) is 16.8 Å². The maximum atomic E-state index is 12.6. The van der Waals surface area contributed by atoms with Gasteiger partial charge in [-0.1, -0.05) is 30.3 Å². The number of nitrogens with two attached hydrogens (primary N) is 1. The van der Waals surface area contributed by atoms with Gasteiger partial charge in [0.05, 0.1) is 11.3 Å². The van der Waals surface area contributed by atoms with Crippen LogP contribution in [0.2, 0.25) is 0 Å². The van der Waals surface area contributed by atoms with Gasteiger partial charge in [-0.15, -0.1) is 0 Å². The molecule has 0 spiro atoms. The number of aromatic nitrogens is 1. The molecule has 1 unspecified atom stereocenters. The normalized spacial score (nSPS) is 11.9. The number of amides is 2. The van der Waals surface area contributed by atoms with E-state index in [9.17, 15) is 27.9 Å². The van der Waals surface area contributed by atoms with Crippen molar-refractivity contribution >= 4 is 49.6 Å². The summed E-state index contributed by atoms with van der Waals surface area (Å²) in [6.07, 6.45) is 0.954. The summed E-state index contributed by atoms with van der Waals surface area (Å²) in [6.45, 7) is 0. The first-order chi connectivity index (χ1) is 16.0. The Bertz CT molecular complexity index is 1330. The van der Waals surface area contributed by atoms with Crippen LogP contribution in [0.5, 0.6) is 0 Å². The molecule has 12 heteroatoms. The molecule has 0 fully saturated rings. The lowest BCUT2D eigenvalue weighted by atomic mass is 10.0. The summed E-state index contributed by atoms with van der Waals surface area (Å²) in [5.41, 5.74) is 0.981. The second-order valence-electron chi connectivity index (χ2n) is 7.10. The molecule has 34 heavy (non-hydrogen) atoms. The van der Waals surface area contributed by atoms with Crippen molar-refractivity contribution in [3.63, 3.8) is 0 Å². The first-order valence-electron chi connectivity index (χ1n) is 9.72. The zero-order valence-electron chi connectivity index (χ0n) is 17.4. The van der Waals surface area contributed by atoms with E-state index in [2.05, 4.69) is 31.5 Å². The maximum absolute atomic E-state index is 12.6. The fourth-order valence-electron chi connectivity index (χ4n) is 3.03. The third kappa shape index (κ3) is 6.47. The van der Waals surface area contributed by atoms with Crippen LogP contribution >= 0.6 is 15.9 Å². The number of halogens is 1. The highest BCUT2D eigenvalue weighted by Crippen LogP contribution is 2.26. The van der Waals surface area contributed by atoms with E-state index in [4.69, 9.17) is 5.14 Å². The van der Waals surface area contributed by atoms with Crippen LogP contribution in [0.25, 0.3) is 11.1 Å². The number of carboxylic acid groups (broad SMARTS) is 1. The number of primary sulfonamides is 1. The van der Waals surface area contributed by atoms with E-state index in [0.717, 1.165) is 0 Å². The van der Waals surface area contributed by atoms with Crippen molar-refractivity contribution < 1.29 is 27.9 Å². The minimum absolute atomic E-state index is 0.0654. The molecule has 3 rings (SSSR count). The fraction of sp³-hybridized carbons (Fsp3) is 0.0909. The van der Waals surface area contributed by atoms with Crippen LogP contribution in [-0.4, -0.2) is 42.3 Å². The highest BCUT2D eigenvalue weighted by atomic mass is 79.9. The molecule has 0 saturated heterocycles. The molecule has 2 aromatic carbocycles. The Hall–Kier alpha value is -3.61. The number of rotatable bonds is 8. The van der Waals surface area contributed by atoms with E-state index >= 15 is 0 Å². The highest BCUT2D eigenvalue weighted by molar-refractivity contribution is 9.10. The number of carboxylic acids is 1. The van der Waals surface area contributed by atoms with E-state index in [-0.39, 0.29) is 16.3 Å². The third-order valence-electron chi connectivity index (χ3n) is 4.64. The van der Waals surface area contributed by atoms with Crippen LogP contribution in [0, 0.1) is 0 Å². The zero-order valence-corrected chi connectivity index (χ0v) is 19.8. The van der Waals surface area contributed by atoms with Gasteiger partial charge in [-0.3, -0.25) is 9.59 Å². The third-order valence-corrected chi connectivity index (χ3v) is 6.08. The summed E-state index contributed by atoms with van der Waals surface area (Å²) in [5.74, 6) is -2.50. The topological polar surface area (TPSA) is 169 Å². The second-order valence-corrected chi connectivity index (χ2v) is 9.54. The summed E-state index contributed by atoms with van der Waals surface area (Å²) in [5, 5.41) is 19.5. The summed E-state index contributed by atoms with van der Waals surface area (Å²) in [4.78, 5) is 40.3. The van der Waals surface area contributed by atoms with Crippen LogP contribution in [0.15, 0.2) is 76.2 Å². The molecule has 176 valence electrons. The number of carbonyl (C=O) groups excluding carboxylic acids is 2. The molecule has 0 bridgehead atoms. The van der Waals surface area contributed by atoms with Gasteiger partial charge in [0.25, 0.3) is 5.91 Å². The number of nitrogens with one attached hydrogen (secondary N) is 2. The number of sulfonamides is 1. The minimum Gasteiger partial charge on any atom is -0.480 e. The van der Waals surface area contributed by atoms with Gasteiger partial charge in [0.15, 0.2) is 0 Å². The van der Waals surface area contributed by atoms with Crippen molar-refractivity contribution in [2.24, 2.45) is 5.14 Å². The predicted molar refractivity (Wildman–Crippen MR) is 127 cm³/mol. The van der Waals surface area contributed by atoms with Crippen molar-refractivity contribution in [3.05, 3.63) is 76.9 Å². The van der Waals surface area contributed by atoms with Gasteiger partial charge in [-0.25, -0.2) is 23.3 Å². The predicted octanol–water partition coefficient (Wildman–Crippen LogP) is 2.37. The molecule has 10 nitrogen and oxygen atoms in total. The standard InChI is InChI=1S/C22H19BrN4O6S/c23-15-9-10-19(25-12-15)27-20(28)11-17(22(30)31)26-21(29)14-7-5-13(6-8-14)16-3-1-2-4-18(16)34(24,32)33/h1-10,12,17H,11H2,(H,26,29)(H,30,31)(H2,24,32,33)(H,25,27,28). The molecule has 1 heterocycles. The smallest absolute Gasteiger partial charge is 0.326 e. The van der Waals surface area contributed by atoms with Gasteiger partial charge in [0, 0.05) is 21.8 Å². The zero-order chi connectivity index (χ0) is 24.9. The molecule has 0 radical (unpaired) electrons. The number of hydrogen-bond acceptors (Lipinski definition) is 6. The van der Waals surface area contributed by atoms with Gasteiger partial charge >= 0.3 is 5.97 Å². The summed E-state index contributed by atoms with van der Waals surface area (Å²) >= 11 is 3.22. The summed E-state index contributed by atoms with van der Waals surface area (Å²) in [7, 11) is -3.96. The average Bonchev–Trinajstić information content (AvgIpc) is 2.79. The van der Waals surface area contributed by atoms with Crippen molar-refractivity contribution in [2.75, 3.05) is 5.32 Å². The lowest BCUT2D eigenvalue weighted by Crippen LogP contribution is -2.43. The molecule has 0 saturated carbocycles. The second kappa shape index (κ2) is 10.5. The Morgan fingerprint density at radius 1 is 1.03 bits per heavy atom. The molecule has 2 amide bonds. The number of nitrogens with zero attached hydrogens (tertiary/aromatic N) is 1. The van der Waals surface area contributed by atoms with Crippen molar-refractivity contribution in [1.82, 2.24) is 10.3 Å². The van der Waals surface area contributed by atoms with Gasteiger partial charge in [0.1, 0.15) is 11.9 Å². The number of pyridine rings is 1. The molecule has 0 aliphatic heterocycles. The van der Waals surface area contributed by atoms with Crippen molar-refractivity contribution in [2.45, 2.75) is 17.4 Å². The largest absolute Gasteiger partial charge is 0.480 e. The van der Waals surface area contributed by atoms with E-state index in [0.29, 0.717) is 15.6 Å². The Balaban J connectivity index is 1.70. The number of anilines is 1. The number of hydrogen-bond donors (Lipinski definition) is 4. The van der Waals surface area contributed by atoms with Crippen LogP contribution in [-0.2, 0) is 19.6 Å². The van der Waals surface area contributed by atoms with Gasteiger partial charge in [-0.2, -0.15) is 0 Å². The molecule has 1 aromatic heterocycles. The Kier molecular flexibility index (Phi) is 7.76. The average molecular weight is 547 g/mol. The van der Waals surface area contributed by atoms with Crippen LogP contribution in [0.4, 0.5) is 5.82 Å². The minimum atomic E-state index is -3.96. The molecule has 1 atom stereocenters. The molecule has 0 aliphatic rings. The lowest BCUT2D eigenvalue weighted by molar-refractivity contribution is -0.140. The number of benzene rings is 2. The fourth-order valence-corrected chi connectivity index (χ4v) is 4.02. The van der Waals surface area contributed by atoms with E-state index in [1.807, 2.05) is 0 Å². The quantitative estimate of drug-likeness (QED) is 0.336.